The number of carbonyl (C=O) groups is 1. The van der Waals surface area contributed by atoms with Gasteiger partial charge in [0, 0.05) is 11.3 Å². The van der Waals surface area contributed by atoms with Gasteiger partial charge in [-0.05, 0) is 54.1 Å². The number of para-hydroxylation sites is 1. The van der Waals surface area contributed by atoms with Gasteiger partial charge in [-0.1, -0.05) is 42.1 Å². The van der Waals surface area contributed by atoms with Crippen molar-refractivity contribution in [2.45, 2.75) is 5.16 Å². The molecule has 0 aliphatic heterocycles. The van der Waals surface area contributed by atoms with Gasteiger partial charge < -0.3 is 4.74 Å². The lowest BCUT2D eigenvalue weighted by Crippen LogP contribution is -2.20. The van der Waals surface area contributed by atoms with Gasteiger partial charge in [-0.2, -0.15) is 5.10 Å². The van der Waals surface area contributed by atoms with E-state index in [1.807, 2.05) is 59.2 Å². The van der Waals surface area contributed by atoms with E-state index < -0.39 is 0 Å². The predicted molar refractivity (Wildman–Crippen MR) is 126 cm³/mol. The van der Waals surface area contributed by atoms with Crippen LogP contribution in [0, 0.1) is 5.82 Å². The number of nitrogens with one attached hydrogen (secondary N) is 1. The van der Waals surface area contributed by atoms with Crippen LogP contribution in [0.25, 0.3) is 17.1 Å². The SMILES string of the molecule is COc1ccc(-c2nnc(SCC(=O)NN=Cc3cccc(F)c3)n2-c2ccccc2)cc1. The van der Waals surface area contributed by atoms with Crippen LogP contribution in [0.15, 0.2) is 89.1 Å². The summed E-state index contributed by atoms with van der Waals surface area (Å²) in [4.78, 5) is 12.3. The van der Waals surface area contributed by atoms with Crippen LogP contribution in [0.4, 0.5) is 4.39 Å². The lowest BCUT2D eigenvalue weighted by atomic mass is 10.2. The molecule has 1 heterocycles. The second kappa shape index (κ2) is 10.6. The molecular weight excluding hydrogens is 441 g/mol. The largest absolute Gasteiger partial charge is 0.497 e. The Morgan fingerprint density at radius 2 is 1.88 bits per heavy atom. The number of hydrazone groups is 1. The van der Waals surface area contributed by atoms with Gasteiger partial charge in [-0.3, -0.25) is 9.36 Å². The van der Waals surface area contributed by atoms with Gasteiger partial charge in [0.2, 0.25) is 0 Å². The van der Waals surface area contributed by atoms with Crippen molar-refractivity contribution in [2.24, 2.45) is 5.10 Å². The number of thioether (sulfide) groups is 1. The molecule has 4 rings (SSSR count). The third-order valence-electron chi connectivity index (χ3n) is 4.58. The molecule has 166 valence electrons. The standard InChI is InChI=1S/C24H20FN5O2S/c1-32-21-12-10-18(11-13-21)23-28-29-24(30(23)20-8-3-2-4-9-20)33-16-22(31)27-26-15-17-6-5-7-19(25)14-17/h2-15H,16H2,1H3,(H,27,31). The molecule has 0 aliphatic rings. The number of ether oxygens (including phenoxy) is 1. The number of methoxy groups -OCH3 is 1. The summed E-state index contributed by atoms with van der Waals surface area (Å²) in [5.74, 6) is 0.786. The topological polar surface area (TPSA) is 81.4 Å². The summed E-state index contributed by atoms with van der Waals surface area (Å²) >= 11 is 1.24. The minimum absolute atomic E-state index is 0.0775. The maximum absolute atomic E-state index is 13.2. The summed E-state index contributed by atoms with van der Waals surface area (Å²) < 4.78 is 20.4. The first-order valence-electron chi connectivity index (χ1n) is 9.99. The quantitative estimate of drug-likeness (QED) is 0.240. The van der Waals surface area contributed by atoms with Gasteiger partial charge in [0.05, 0.1) is 19.1 Å². The van der Waals surface area contributed by atoms with Crippen molar-refractivity contribution < 1.29 is 13.9 Å². The minimum Gasteiger partial charge on any atom is -0.497 e. The number of nitrogens with zero attached hydrogens (tertiary/aromatic N) is 4. The normalized spacial score (nSPS) is 11.0. The highest BCUT2D eigenvalue weighted by atomic mass is 32.2. The van der Waals surface area contributed by atoms with E-state index >= 15 is 0 Å². The zero-order valence-corrected chi connectivity index (χ0v) is 18.5. The van der Waals surface area contributed by atoms with Gasteiger partial charge in [-0.15, -0.1) is 10.2 Å². The number of halogens is 1. The molecule has 0 radical (unpaired) electrons. The Labute approximate surface area is 194 Å². The Morgan fingerprint density at radius 3 is 2.61 bits per heavy atom. The summed E-state index contributed by atoms with van der Waals surface area (Å²) in [6.45, 7) is 0. The van der Waals surface area contributed by atoms with E-state index in [0.29, 0.717) is 16.5 Å². The summed E-state index contributed by atoms with van der Waals surface area (Å²) in [5.41, 5.74) is 4.74. The molecule has 7 nitrogen and oxygen atoms in total. The Bertz CT molecular complexity index is 1260. The Balaban J connectivity index is 1.50. The van der Waals surface area contributed by atoms with Crippen LogP contribution in [-0.2, 0) is 4.79 Å². The van der Waals surface area contributed by atoms with Gasteiger partial charge in [-0.25, -0.2) is 9.82 Å². The molecule has 0 bridgehead atoms. The smallest absolute Gasteiger partial charge is 0.250 e. The molecule has 0 atom stereocenters. The van der Waals surface area contributed by atoms with Gasteiger partial charge in [0.1, 0.15) is 11.6 Å². The molecule has 33 heavy (non-hydrogen) atoms. The molecule has 3 aromatic carbocycles. The lowest BCUT2D eigenvalue weighted by molar-refractivity contribution is -0.118. The molecule has 0 fully saturated rings. The third kappa shape index (κ3) is 5.64. The van der Waals surface area contributed by atoms with Crippen LogP contribution in [-0.4, -0.2) is 39.7 Å². The van der Waals surface area contributed by atoms with Crippen LogP contribution in [0.1, 0.15) is 5.56 Å². The van der Waals surface area contributed by atoms with E-state index in [-0.39, 0.29) is 17.5 Å². The first-order valence-corrected chi connectivity index (χ1v) is 11.0. The molecule has 9 heteroatoms. The number of benzene rings is 3. The minimum atomic E-state index is -0.367. The fourth-order valence-corrected chi connectivity index (χ4v) is 3.77. The Kier molecular flexibility index (Phi) is 7.11. The summed E-state index contributed by atoms with van der Waals surface area (Å²) in [5, 5.41) is 13.1. The number of amides is 1. The van der Waals surface area contributed by atoms with Gasteiger partial charge in [0.25, 0.3) is 5.91 Å². The highest BCUT2D eigenvalue weighted by molar-refractivity contribution is 7.99. The first kappa shape index (κ1) is 22.2. The summed E-state index contributed by atoms with van der Waals surface area (Å²) in [7, 11) is 1.61. The van der Waals surface area contributed by atoms with Gasteiger partial charge in [0.15, 0.2) is 11.0 Å². The van der Waals surface area contributed by atoms with E-state index in [9.17, 15) is 9.18 Å². The van der Waals surface area contributed by atoms with Crippen LogP contribution < -0.4 is 10.2 Å². The number of carbonyl (C=O) groups excluding carboxylic acids is 1. The molecule has 0 saturated carbocycles. The van der Waals surface area contributed by atoms with E-state index in [2.05, 4.69) is 20.7 Å². The second-order valence-corrected chi connectivity index (χ2v) is 7.78. The third-order valence-corrected chi connectivity index (χ3v) is 5.51. The maximum atomic E-state index is 13.2. The van der Waals surface area contributed by atoms with E-state index in [0.717, 1.165) is 17.0 Å². The van der Waals surface area contributed by atoms with Crippen LogP contribution in [0.3, 0.4) is 0 Å². The summed E-state index contributed by atoms with van der Waals surface area (Å²) in [6, 6.07) is 23.1. The van der Waals surface area contributed by atoms with E-state index in [1.165, 1.54) is 30.1 Å². The molecule has 1 amide bonds. The van der Waals surface area contributed by atoms with Crippen molar-refractivity contribution in [1.82, 2.24) is 20.2 Å². The van der Waals surface area contributed by atoms with Crippen molar-refractivity contribution >= 4 is 23.9 Å². The van der Waals surface area contributed by atoms with E-state index in [4.69, 9.17) is 4.74 Å². The lowest BCUT2D eigenvalue weighted by Gasteiger charge is -2.10. The van der Waals surface area contributed by atoms with Crippen molar-refractivity contribution in [2.75, 3.05) is 12.9 Å². The van der Waals surface area contributed by atoms with Crippen LogP contribution in [0.2, 0.25) is 0 Å². The van der Waals surface area contributed by atoms with E-state index in [1.54, 1.807) is 19.2 Å². The molecule has 0 aliphatic carbocycles. The first-order chi connectivity index (χ1) is 16.1. The van der Waals surface area contributed by atoms with Crippen molar-refractivity contribution in [1.29, 1.82) is 0 Å². The monoisotopic (exact) mass is 461 g/mol. The van der Waals surface area contributed by atoms with Crippen LogP contribution in [0.5, 0.6) is 5.75 Å². The molecule has 0 unspecified atom stereocenters. The summed E-state index contributed by atoms with van der Waals surface area (Å²) in [6.07, 6.45) is 1.39. The number of aromatic nitrogens is 3. The number of rotatable bonds is 8. The fraction of sp³-hybridized carbons (Fsp3) is 0.0833. The molecule has 0 spiro atoms. The molecular formula is C24H20FN5O2S. The maximum Gasteiger partial charge on any atom is 0.250 e. The molecule has 0 saturated heterocycles. The zero-order valence-electron chi connectivity index (χ0n) is 17.7. The molecule has 1 N–H and O–H groups in total. The fourth-order valence-electron chi connectivity index (χ4n) is 3.03. The highest BCUT2D eigenvalue weighted by Crippen LogP contribution is 2.28. The molecule has 1 aromatic heterocycles. The van der Waals surface area contributed by atoms with Crippen molar-refractivity contribution in [3.05, 3.63) is 90.2 Å². The van der Waals surface area contributed by atoms with Crippen molar-refractivity contribution in [3.8, 4) is 22.8 Å². The van der Waals surface area contributed by atoms with Gasteiger partial charge >= 0.3 is 0 Å². The van der Waals surface area contributed by atoms with Crippen LogP contribution >= 0.6 is 11.8 Å². The second-order valence-electron chi connectivity index (χ2n) is 6.84. The average Bonchev–Trinajstić information content (AvgIpc) is 3.27. The zero-order chi connectivity index (χ0) is 23.0. The number of hydrogen-bond donors (Lipinski definition) is 1. The van der Waals surface area contributed by atoms with Crippen molar-refractivity contribution in [3.63, 3.8) is 0 Å². The molecule has 4 aromatic rings. The number of hydrogen-bond acceptors (Lipinski definition) is 6. The Morgan fingerprint density at radius 1 is 1.09 bits per heavy atom. The highest BCUT2D eigenvalue weighted by Gasteiger charge is 2.17. The average molecular weight is 462 g/mol. The Hall–Kier alpha value is -3.98. The predicted octanol–water partition coefficient (Wildman–Crippen LogP) is 4.32.